The van der Waals surface area contributed by atoms with Crippen LogP contribution in [0.5, 0.6) is 5.75 Å². The molecule has 2 amide bonds. The fraction of sp³-hybridized carbons (Fsp3) is 0.0370. The van der Waals surface area contributed by atoms with Gasteiger partial charge < -0.3 is 4.74 Å². The van der Waals surface area contributed by atoms with Crippen LogP contribution >= 0.6 is 11.3 Å². The first-order valence-corrected chi connectivity index (χ1v) is 12.2. The number of rotatable bonds is 7. The molecule has 0 unspecified atom stereocenters. The summed E-state index contributed by atoms with van der Waals surface area (Å²) in [6.45, 7) is 0. The van der Waals surface area contributed by atoms with Crippen LogP contribution in [0.1, 0.15) is 5.56 Å². The van der Waals surface area contributed by atoms with Crippen molar-refractivity contribution in [3.05, 3.63) is 96.7 Å². The predicted molar refractivity (Wildman–Crippen MR) is 145 cm³/mol. The lowest BCUT2D eigenvalue weighted by molar-refractivity contribution is -0.136. The molecule has 10 nitrogen and oxygen atoms in total. The molecule has 0 atom stereocenters. The maximum atomic E-state index is 12.4. The van der Waals surface area contributed by atoms with E-state index < -0.39 is 11.8 Å². The maximum absolute atomic E-state index is 12.4. The summed E-state index contributed by atoms with van der Waals surface area (Å²) in [5.41, 5.74) is 6.08. The zero-order valence-electron chi connectivity index (χ0n) is 20.1. The molecule has 11 heteroatoms. The lowest BCUT2D eigenvalue weighted by Gasteiger charge is -2.02. The minimum Gasteiger partial charge on any atom is -0.497 e. The Morgan fingerprint density at radius 3 is 2.32 bits per heavy atom. The highest BCUT2D eigenvalue weighted by molar-refractivity contribution is 7.18. The van der Waals surface area contributed by atoms with Gasteiger partial charge in [0.25, 0.3) is 0 Å². The third kappa shape index (κ3) is 5.63. The van der Waals surface area contributed by atoms with Gasteiger partial charge in [0.1, 0.15) is 16.5 Å². The monoisotopic (exact) mass is 523 g/mol. The van der Waals surface area contributed by atoms with E-state index in [-0.39, 0.29) is 5.13 Å². The van der Waals surface area contributed by atoms with Gasteiger partial charge in [0.05, 0.1) is 19.0 Å². The molecule has 0 aliphatic carbocycles. The standard InChI is InChI=1S/C27H21N7O3S/c1-37-22-14-12-18(13-15-22)23-20(17-34(33-23)21-10-6-3-7-11-21)16-28-30-25(36)24(35)29-27-32-31-26(38-27)19-8-4-2-5-9-19/h2-17H,1H3,(H,30,36)(H,29,32,35)/b28-16-. The summed E-state index contributed by atoms with van der Waals surface area (Å²) >= 11 is 1.16. The highest BCUT2D eigenvalue weighted by atomic mass is 32.1. The van der Waals surface area contributed by atoms with Crippen LogP contribution in [0.3, 0.4) is 0 Å². The van der Waals surface area contributed by atoms with E-state index in [9.17, 15) is 9.59 Å². The number of nitrogens with one attached hydrogen (secondary N) is 2. The van der Waals surface area contributed by atoms with Gasteiger partial charge in [-0.15, -0.1) is 10.2 Å². The summed E-state index contributed by atoms with van der Waals surface area (Å²) in [4.78, 5) is 24.7. The second-order valence-corrected chi connectivity index (χ2v) is 8.85. The number of nitrogens with zero attached hydrogens (tertiary/aromatic N) is 5. The Hall–Kier alpha value is -5.16. The van der Waals surface area contributed by atoms with Gasteiger partial charge in [-0.25, -0.2) is 10.1 Å². The number of methoxy groups -OCH3 is 1. The number of benzene rings is 3. The van der Waals surface area contributed by atoms with E-state index in [0.29, 0.717) is 16.3 Å². The summed E-state index contributed by atoms with van der Waals surface area (Å²) in [6, 6.07) is 26.4. The fourth-order valence-electron chi connectivity index (χ4n) is 3.50. The van der Waals surface area contributed by atoms with Crippen molar-refractivity contribution in [2.45, 2.75) is 0 Å². The number of ether oxygens (including phenoxy) is 1. The summed E-state index contributed by atoms with van der Waals surface area (Å²) in [5, 5.41) is 20.0. The van der Waals surface area contributed by atoms with Crippen LogP contribution in [0.15, 0.2) is 96.2 Å². The Kier molecular flexibility index (Phi) is 7.27. The number of anilines is 1. The van der Waals surface area contributed by atoms with Gasteiger partial charge in [0.2, 0.25) is 5.13 Å². The van der Waals surface area contributed by atoms with Crippen LogP contribution in [-0.4, -0.2) is 45.1 Å². The Labute approximate surface area is 221 Å². The molecule has 188 valence electrons. The zero-order valence-corrected chi connectivity index (χ0v) is 20.9. The number of aromatic nitrogens is 4. The Morgan fingerprint density at radius 1 is 0.895 bits per heavy atom. The molecular weight excluding hydrogens is 502 g/mol. The normalized spacial score (nSPS) is 10.9. The van der Waals surface area contributed by atoms with E-state index in [1.807, 2.05) is 84.9 Å². The van der Waals surface area contributed by atoms with Gasteiger partial charge in [-0.05, 0) is 36.4 Å². The number of hydrazone groups is 1. The van der Waals surface area contributed by atoms with Crippen LogP contribution in [-0.2, 0) is 9.59 Å². The topological polar surface area (TPSA) is 123 Å². The van der Waals surface area contributed by atoms with Crippen LogP contribution in [0.2, 0.25) is 0 Å². The molecule has 38 heavy (non-hydrogen) atoms. The number of carbonyl (C=O) groups is 2. The molecule has 0 bridgehead atoms. The van der Waals surface area contributed by atoms with Gasteiger partial charge in [0.15, 0.2) is 0 Å². The molecule has 5 aromatic rings. The molecule has 2 aromatic heterocycles. The molecular formula is C27H21N7O3S. The van der Waals surface area contributed by atoms with E-state index in [1.165, 1.54) is 6.21 Å². The van der Waals surface area contributed by atoms with Crippen LogP contribution in [0.25, 0.3) is 27.5 Å². The van der Waals surface area contributed by atoms with Crippen LogP contribution < -0.4 is 15.5 Å². The lowest BCUT2D eigenvalue weighted by Crippen LogP contribution is -2.32. The van der Waals surface area contributed by atoms with E-state index in [0.717, 1.165) is 33.9 Å². The average molecular weight is 524 g/mol. The van der Waals surface area contributed by atoms with Crippen molar-refractivity contribution in [2.24, 2.45) is 5.10 Å². The van der Waals surface area contributed by atoms with Crippen LogP contribution in [0.4, 0.5) is 5.13 Å². The largest absolute Gasteiger partial charge is 0.497 e. The molecule has 3 aromatic carbocycles. The van der Waals surface area contributed by atoms with Crippen molar-refractivity contribution in [1.29, 1.82) is 0 Å². The first kappa shape index (κ1) is 24.5. The molecule has 0 spiro atoms. The Balaban J connectivity index is 1.30. The van der Waals surface area contributed by atoms with E-state index in [2.05, 4.69) is 26.0 Å². The lowest BCUT2D eigenvalue weighted by atomic mass is 10.1. The number of amides is 2. The highest BCUT2D eigenvalue weighted by Gasteiger charge is 2.17. The second-order valence-electron chi connectivity index (χ2n) is 7.87. The third-order valence-corrected chi connectivity index (χ3v) is 6.26. The van der Waals surface area contributed by atoms with E-state index in [4.69, 9.17) is 9.84 Å². The molecule has 0 radical (unpaired) electrons. The molecule has 0 aliphatic rings. The maximum Gasteiger partial charge on any atom is 0.329 e. The summed E-state index contributed by atoms with van der Waals surface area (Å²) in [5.74, 6) is -1.14. The molecule has 0 fully saturated rings. The van der Waals surface area contributed by atoms with Gasteiger partial charge in [-0.2, -0.15) is 10.2 Å². The molecule has 2 N–H and O–H groups in total. The number of hydrogen-bond donors (Lipinski definition) is 2. The summed E-state index contributed by atoms with van der Waals surface area (Å²) in [7, 11) is 1.60. The summed E-state index contributed by atoms with van der Waals surface area (Å²) in [6.07, 6.45) is 3.23. The predicted octanol–water partition coefficient (Wildman–Crippen LogP) is 4.16. The SMILES string of the molecule is COc1ccc(-c2nn(-c3ccccc3)cc2/C=N\NC(=O)C(=O)Nc2nnc(-c3ccccc3)s2)cc1. The third-order valence-electron chi connectivity index (χ3n) is 5.37. The Morgan fingerprint density at radius 2 is 1.61 bits per heavy atom. The average Bonchev–Trinajstić information content (AvgIpc) is 3.61. The van der Waals surface area contributed by atoms with E-state index >= 15 is 0 Å². The van der Waals surface area contributed by atoms with Crippen molar-refractivity contribution in [3.63, 3.8) is 0 Å². The second kappa shape index (κ2) is 11.3. The summed E-state index contributed by atoms with van der Waals surface area (Å²) < 4.78 is 6.96. The minimum absolute atomic E-state index is 0.207. The van der Waals surface area contributed by atoms with E-state index in [1.54, 1.807) is 18.0 Å². The fourth-order valence-corrected chi connectivity index (χ4v) is 4.25. The van der Waals surface area contributed by atoms with Gasteiger partial charge in [0, 0.05) is 22.9 Å². The molecule has 0 saturated carbocycles. The Bertz CT molecular complexity index is 1580. The highest BCUT2D eigenvalue weighted by Crippen LogP contribution is 2.26. The van der Waals surface area contributed by atoms with Gasteiger partial charge in [-0.1, -0.05) is 59.9 Å². The zero-order chi connectivity index (χ0) is 26.3. The molecule has 0 aliphatic heterocycles. The number of para-hydroxylation sites is 1. The minimum atomic E-state index is -0.945. The number of carbonyl (C=O) groups excluding carboxylic acids is 2. The van der Waals surface area contributed by atoms with Crippen molar-refractivity contribution >= 4 is 34.5 Å². The van der Waals surface area contributed by atoms with Crippen LogP contribution in [0, 0.1) is 0 Å². The van der Waals surface area contributed by atoms with Crippen molar-refractivity contribution < 1.29 is 14.3 Å². The van der Waals surface area contributed by atoms with Gasteiger partial charge >= 0.3 is 11.8 Å². The number of hydrogen-bond acceptors (Lipinski definition) is 8. The van der Waals surface area contributed by atoms with Crippen molar-refractivity contribution in [1.82, 2.24) is 25.4 Å². The van der Waals surface area contributed by atoms with Crippen molar-refractivity contribution in [2.75, 3.05) is 12.4 Å². The molecule has 5 rings (SSSR count). The van der Waals surface area contributed by atoms with Crippen molar-refractivity contribution in [3.8, 4) is 33.3 Å². The van der Waals surface area contributed by atoms with Gasteiger partial charge in [-0.3, -0.25) is 14.9 Å². The first-order chi connectivity index (χ1) is 18.6. The molecule has 2 heterocycles. The smallest absolute Gasteiger partial charge is 0.329 e. The quantitative estimate of drug-likeness (QED) is 0.188. The molecule has 0 saturated heterocycles. The first-order valence-electron chi connectivity index (χ1n) is 11.4.